The van der Waals surface area contributed by atoms with Crippen molar-refractivity contribution in [3.63, 3.8) is 0 Å². The Labute approximate surface area is 209 Å². The molecule has 3 rings (SSSR count). The molecule has 0 heterocycles. The number of amides is 2. The second kappa shape index (κ2) is 11.5. The van der Waals surface area contributed by atoms with Gasteiger partial charge in [-0.3, -0.25) is 9.59 Å². The minimum Gasteiger partial charge on any atom is -0.493 e. The van der Waals surface area contributed by atoms with Gasteiger partial charge in [-0.2, -0.15) is 5.10 Å². The SMILES string of the molecule is COc1cc(C=NNC(=O)C(=O)Nc2ccccc2Cl)ccc1OC(=O)c1ccc(Cl)cc1Cl. The van der Waals surface area contributed by atoms with Crippen LogP contribution in [0.25, 0.3) is 0 Å². The number of ether oxygens (including phenoxy) is 2. The third-order valence-corrected chi connectivity index (χ3v) is 5.13. The van der Waals surface area contributed by atoms with E-state index in [-0.39, 0.29) is 22.1 Å². The molecule has 174 valence electrons. The molecule has 0 fully saturated rings. The first-order valence-electron chi connectivity index (χ1n) is 9.52. The van der Waals surface area contributed by atoms with E-state index in [2.05, 4.69) is 15.8 Å². The van der Waals surface area contributed by atoms with E-state index in [9.17, 15) is 14.4 Å². The second-order valence-electron chi connectivity index (χ2n) is 6.56. The number of hydrogen-bond acceptors (Lipinski definition) is 6. The molecule has 0 saturated heterocycles. The van der Waals surface area contributed by atoms with Gasteiger partial charge in [0, 0.05) is 5.02 Å². The number of carbonyl (C=O) groups is 3. The molecule has 0 saturated carbocycles. The van der Waals surface area contributed by atoms with Crippen LogP contribution in [0.1, 0.15) is 15.9 Å². The summed E-state index contributed by atoms with van der Waals surface area (Å²) in [5.74, 6) is -2.26. The maximum Gasteiger partial charge on any atom is 0.345 e. The number of anilines is 1. The Balaban J connectivity index is 1.63. The molecular weight excluding hydrogens is 505 g/mol. The second-order valence-corrected chi connectivity index (χ2v) is 7.81. The van der Waals surface area contributed by atoms with Crippen LogP contribution in [0.2, 0.25) is 15.1 Å². The van der Waals surface area contributed by atoms with Gasteiger partial charge in [0.1, 0.15) is 0 Å². The number of rotatable bonds is 6. The van der Waals surface area contributed by atoms with Gasteiger partial charge in [-0.15, -0.1) is 0 Å². The van der Waals surface area contributed by atoms with Gasteiger partial charge in [-0.1, -0.05) is 46.9 Å². The van der Waals surface area contributed by atoms with E-state index in [0.29, 0.717) is 21.3 Å². The third kappa shape index (κ3) is 6.48. The summed E-state index contributed by atoms with van der Waals surface area (Å²) >= 11 is 17.8. The quantitative estimate of drug-likeness (QED) is 0.157. The lowest BCUT2D eigenvalue weighted by Crippen LogP contribution is -2.32. The summed E-state index contributed by atoms with van der Waals surface area (Å²) in [6.45, 7) is 0. The number of esters is 1. The van der Waals surface area contributed by atoms with Crippen molar-refractivity contribution < 1.29 is 23.9 Å². The van der Waals surface area contributed by atoms with E-state index in [0.717, 1.165) is 0 Å². The highest BCUT2D eigenvalue weighted by Gasteiger charge is 2.17. The number of carbonyl (C=O) groups excluding carboxylic acids is 3. The normalized spacial score (nSPS) is 10.6. The molecule has 0 radical (unpaired) electrons. The van der Waals surface area contributed by atoms with Gasteiger partial charge in [0.15, 0.2) is 11.5 Å². The van der Waals surface area contributed by atoms with Crippen molar-refractivity contribution in [2.75, 3.05) is 12.4 Å². The number of hydrazone groups is 1. The van der Waals surface area contributed by atoms with Crippen LogP contribution in [0.4, 0.5) is 5.69 Å². The summed E-state index contributed by atoms with van der Waals surface area (Å²) in [5.41, 5.74) is 3.03. The van der Waals surface area contributed by atoms with Crippen LogP contribution < -0.4 is 20.2 Å². The fourth-order valence-electron chi connectivity index (χ4n) is 2.62. The highest BCUT2D eigenvalue weighted by Crippen LogP contribution is 2.30. The van der Waals surface area contributed by atoms with E-state index in [4.69, 9.17) is 44.3 Å². The molecule has 8 nitrogen and oxygen atoms in total. The van der Waals surface area contributed by atoms with Crippen molar-refractivity contribution in [1.29, 1.82) is 0 Å². The topological polar surface area (TPSA) is 106 Å². The Bertz CT molecular complexity index is 1280. The van der Waals surface area contributed by atoms with Crippen LogP contribution in [-0.4, -0.2) is 31.1 Å². The molecule has 2 N–H and O–H groups in total. The predicted octanol–water partition coefficient (Wildman–Crippen LogP) is 4.96. The van der Waals surface area contributed by atoms with Gasteiger partial charge in [0.25, 0.3) is 0 Å². The standard InChI is InChI=1S/C23H16Cl3N3O5/c1-33-20-10-13(6-9-19(20)34-23(32)15-8-7-14(24)11-17(15)26)12-27-29-22(31)21(30)28-18-5-3-2-4-16(18)25/h2-12H,1H3,(H,28,30)(H,29,31). The van der Waals surface area contributed by atoms with Gasteiger partial charge in [0.2, 0.25) is 0 Å². The Morgan fingerprint density at radius 2 is 1.65 bits per heavy atom. The molecule has 0 aliphatic rings. The lowest BCUT2D eigenvalue weighted by Gasteiger charge is -2.10. The van der Waals surface area contributed by atoms with Crippen molar-refractivity contribution in [2.45, 2.75) is 0 Å². The molecule has 3 aromatic rings. The summed E-state index contributed by atoms with van der Waals surface area (Å²) in [6.07, 6.45) is 1.28. The first kappa shape index (κ1) is 25.0. The first-order valence-corrected chi connectivity index (χ1v) is 10.7. The zero-order valence-corrected chi connectivity index (χ0v) is 19.7. The maximum absolute atomic E-state index is 12.4. The highest BCUT2D eigenvalue weighted by atomic mass is 35.5. The van der Waals surface area contributed by atoms with E-state index < -0.39 is 17.8 Å². The van der Waals surface area contributed by atoms with Gasteiger partial charge in [0.05, 0.1) is 34.6 Å². The molecular formula is C23H16Cl3N3O5. The predicted molar refractivity (Wildman–Crippen MR) is 130 cm³/mol. The van der Waals surface area contributed by atoms with Gasteiger partial charge >= 0.3 is 17.8 Å². The average Bonchev–Trinajstić information content (AvgIpc) is 2.81. The molecule has 34 heavy (non-hydrogen) atoms. The molecule has 0 atom stereocenters. The molecule has 0 aromatic heterocycles. The fraction of sp³-hybridized carbons (Fsp3) is 0.0435. The lowest BCUT2D eigenvalue weighted by molar-refractivity contribution is -0.136. The van der Waals surface area contributed by atoms with E-state index in [1.165, 1.54) is 43.7 Å². The highest BCUT2D eigenvalue weighted by molar-refractivity contribution is 6.41. The van der Waals surface area contributed by atoms with Crippen LogP contribution in [-0.2, 0) is 9.59 Å². The van der Waals surface area contributed by atoms with E-state index in [1.807, 2.05) is 0 Å². The van der Waals surface area contributed by atoms with Crippen molar-refractivity contribution in [3.05, 3.63) is 86.9 Å². The summed E-state index contributed by atoms with van der Waals surface area (Å²) < 4.78 is 10.6. The molecule has 11 heteroatoms. The van der Waals surface area contributed by atoms with Crippen LogP contribution in [0, 0.1) is 0 Å². The Morgan fingerprint density at radius 1 is 0.882 bits per heavy atom. The number of nitrogens with one attached hydrogen (secondary N) is 2. The first-order chi connectivity index (χ1) is 16.3. The summed E-state index contributed by atoms with van der Waals surface area (Å²) in [6, 6.07) is 15.4. The monoisotopic (exact) mass is 519 g/mol. The molecule has 0 aliphatic heterocycles. The van der Waals surface area contributed by atoms with Crippen molar-refractivity contribution in [3.8, 4) is 11.5 Å². The van der Waals surface area contributed by atoms with Crippen LogP contribution >= 0.6 is 34.8 Å². The smallest absolute Gasteiger partial charge is 0.345 e. The molecule has 0 unspecified atom stereocenters. The third-order valence-electron chi connectivity index (χ3n) is 4.25. The van der Waals surface area contributed by atoms with Crippen molar-refractivity contribution in [1.82, 2.24) is 5.43 Å². The zero-order chi connectivity index (χ0) is 24.7. The number of methoxy groups -OCH3 is 1. The van der Waals surface area contributed by atoms with Crippen molar-refractivity contribution >= 4 is 64.5 Å². The average molecular weight is 521 g/mol. The molecule has 0 bridgehead atoms. The van der Waals surface area contributed by atoms with Crippen molar-refractivity contribution in [2.24, 2.45) is 5.10 Å². The van der Waals surface area contributed by atoms with E-state index in [1.54, 1.807) is 30.3 Å². The summed E-state index contributed by atoms with van der Waals surface area (Å²) in [4.78, 5) is 36.4. The summed E-state index contributed by atoms with van der Waals surface area (Å²) in [7, 11) is 1.39. The minimum atomic E-state index is -0.992. The van der Waals surface area contributed by atoms with Gasteiger partial charge in [-0.25, -0.2) is 10.2 Å². The van der Waals surface area contributed by atoms with Crippen LogP contribution in [0.5, 0.6) is 11.5 Å². The number of para-hydroxylation sites is 1. The number of hydrogen-bond donors (Lipinski definition) is 2. The molecule has 3 aromatic carbocycles. The van der Waals surface area contributed by atoms with Gasteiger partial charge < -0.3 is 14.8 Å². The molecule has 2 amide bonds. The number of benzene rings is 3. The van der Waals surface area contributed by atoms with Crippen LogP contribution in [0.15, 0.2) is 65.8 Å². The van der Waals surface area contributed by atoms with E-state index >= 15 is 0 Å². The Hall–Kier alpha value is -3.59. The molecule has 0 aliphatic carbocycles. The fourth-order valence-corrected chi connectivity index (χ4v) is 3.29. The maximum atomic E-state index is 12.4. The summed E-state index contributed by atoms with van der Waals surface area (Å²) in [5, 5.41) is 6.95. The number of halogens is 3. The van der Waals surface area contributed by atoms with Gasteiger partial charge in [-0.05, 0) is 54.1 Å². The lowest BCUT2D eigenvalue weighted by atomic mass is 10.2. The number of nitrogens with zero attached hydrogens (tertiary/aromatic N) is 1. The van der Waals surface area contributed by atoms with Crippen LogP contribution in [0.3, 0.4) is 0 Å². The zero-order valence-electron chi connectivity index (χ0n) is 17.5. The largest absolute Gasteiger partial charge is 0.493 e. The Kier molecular flexibility index (Phi) is 8.48. The molecule has 0 spiro atoms. The Morgan fingerprint density at radius 3 is 2.35 bits per heavy atom. The minimum absolute atomic E-state index is 0.136.